The lowest BCUT2D eigenvalue weighted by Crippen LogP contribution is -2.54. The third-order valence-corrected chi connectivity index (χ3v) is 7.74. The Balaban J connectivity index is 1.76. The van der Waals surface area contributed by atoms with Crippen LogP contribution in [-0.4, -0.2) is 23.2 Å². The zero-order valence-corrected chi connectivity index (χ0v) is 13.6. The van der Waals surface area contributed by atoms with Crippen LogP contribution in [0, 0.1) is 28.6 Å². The minimum atomic E-state index is -1.31. The number of carbonyl (C=O) groups is 1. The molecule has 1 N–H and O–H groups in total. The molecule has 3 fully saturated rings. The fourth-order valence-electron chi connectivity index (χ4n) is 6.44. The van der Waals surface area contributed by atoms with E-state index in [0.29, 0.717) is 12.3 Å². The van der Waals surface area contributed by atoms with Crippen LogP contribution in [0.1, 0.15) is 58.8 Å². The van der Waals surface area contributed by atoms with Gasteiger partial charge in [-0.05, 0) is 61.7 Å². The average Bonchev–Trinajstić information content (AvgIpc) is 2.71. The summed E-state index contributed by atoms with van der Waals surface area (Å²) in [5, 5.41) is 10.8. The Labute approximate surface area is 132 Å². The summed E-state index contributed by atoms with van der Waals surface area (Å²) >= 11 is 0. The van der Waals surface area contributed by atoms with Gasteiger partial charge in [-0.25, -0.2) is 4.39 Å². The molecule has 2 nitrogen and oxygen atoms in total. The van der Waals surface area contributed by atoms with Crippen LogP contribution in [-0.2, 0) is 4.79 Å². The summed E-state index contributed by atoms with van der Waals surface area (Å²) < 4.78 is 14.1. The fraction of sp³-hybridized carbons (Fsp3) is 0.842. The van der Waals surface area contributed by atoms with Crippen LogP contribution in [0.25, 0.3) is 0 Å². The van der Waals surface area contributed by atoms with Gasteiger partial charge in [0.2, 0.25) is 0 Å². The first-order valence-corrected chi connectivity index (χ1v) is 8.95. The highest BCUT2D eigenvalue weighted by molar-refractivity contribution is 5.91. The zero-order chi connectivity index (χ0) is 15.7. The average molecular weight is 306 g/mol. The molecule has 7 atom stereocenters. The number of fused-ring (bicyclic) bond motifs is 5. The molecule has 0 aromatic carbocycles. The number of alkyl halides is 1. The maximum absolute atomic E-state index is 14.1. The third kappa shape index (κ3) is 1.72. The van der Waals surface area contributed by atoms with Crippen molar-refractivity contribution < 1.29 is 14.3 Å². The lowest BCUT2D eigenvalue weighted by atomic mass is 9.47. The van der Waals surface area contributed by atoms with Gasteiger partial charge in [0, 0.05) is 5.41 Å². The third-order valence-electron chi connectivity index (χ3n) is 7.74. The van der Waals surface area contributed by atoms with E-state index in [1.165, 1.54) is 24.8 Å². The number of allylic oxidation sites excluding steroid dienone is 1. The Kier molecular flexibility index (Phi) is 3.15. The quantitative estimate of drug-likeness (QED) is 0.691. The molecule has 0 aromatic heterocycles. The van der Waals surface area contributed by atoms with E-state index in [4.69, 9.17) is 0 Å². The van der Waals surface area contributed by atoms with E-state index < -0.39 is 17.7 Å². The van der Waals surface area contributed by atoms with Gasteiger partial charge in [-0.1, -0.05) is 31.9 Å². The number of carbonyl (C=O) groups excluding carboxylic acids is 1. The molecule has 0 radical (unpaired) electrons. The van der Waals surface area contributed by atoms with Gasteiger partial charge in [-0.15, -0.1) is 0 Å². The van der Waals surface area contributed by atoms with Crippen LogP contribution in [0.5, 0.6) is 0 Å². The van der Waals surface area contributed by atoms with Gasteiger partial charge in [-0.3, -0.25) is 4.79 Å². The summed E-state index contributed by atoms with van der Waals surface area (Å²) in [7, 11) is 0. The van der Waals surface area contributed by atoms with Gasteiger partial charge in [0.05, 0.1) is 6.10 Å². The highest BCUT2D eigenvalue weighted by Gasteiger charge is 2.62. The van der Waals surface area contributed by atoms with Crippen LogP contribution in [0.4, 0.5) is 4.39 Å². The topological polar surface area (TPSA) is 37.3 Å². The van der Waals surface area contributed by atoms with Crippen molar-refractivity contribution >= 4 is 5.78 Å². The molecule has 4 rings (SSSR count). The molecule has 4 aliphatic carbocycles. The Hall–Kier alpha value is -0.700. The van der Waals surface area contributed by atoms with E-state index in [2.05, 4.69) is 13.0 Å². The van der Waals surface area contributed by atoms with Crippen LogP contribution in [0.3, 0.4) is 0 Å². The van der Waals surface area contributed by atoms with Gasteiger partial charge in [0.15, 0.2) is 12.0 Å². The normalized spacial score (nSPS) is 54.3. The molecule has 0 amide bonds. The lowest BCUT2D eigenvalue weighted by molar-refractivity contribution is -0.137. The summed E-state index contributed by atoms with van der Waals surface area (Å²) in [6.45, 7) is 4.30. The summed E-state index contributed by atoms with van der Waals surface area (Å²) in [4.78, 5) is 12.3. The molecule has 0 bridgehead atoms. The van der Waals surface area contributed by atoms with Crippen LogP contribution in [0.2, 0.25) is 0 Å². The summed E-state index contributed by atoms with van der Waals surface area (Å²) in [5.74, 6) is 0.293. The Morgan fingerprint density at radius 1 is 1.18 bits per heavy atom. The van der Waals surface area contributed by atoms with E-state index in [9.17, 15) is 14.3 Å². The maximum Gasteiger partial charge on any atom is 0.173 e. The maximum atomic E-state index is 14.1. The smallest absolute Gasteiger partial charge is 0.173 e. The molecule has 22 heavy (non-hydrogen) atoms. The Morgan fingerprint density at radius 3 is 2.73 bits per heavy atom. The van der Waals surface area contributed by atoms with Crippen molar-refractivity contribution in [3.05, 3.63) is 11.6 Å². The summed E-state index contributed by atoms with van der Waals surface area (Å²) in [5.41, 5.74) is 1.05. The first-order chi connectivity index (χ1) is 10.4. The van der Waals surface area contributed by atoms with Gasteiger partial charge < -0.3 is 5.11 Å². The number of ketones is 1. The van der Waals surface area contributed by atoms with Gasteiger partial charge in [-0.2, -0.15) is 0 Å². The van der Waals surface area contributed by atoms with E-state index in [1.54, 1.807) is 0 Å². The SMILES string of the molecule is C[C@]12CCCCC1=C[C@@H](O)[C@@H]1[C@@H]2CC[C@]2(C)C(=O)[C@H](F)C[C@@H]12. The van der Waals surface area contributed by atoms with Crippen LogP contribution < -0.4 is 0 Å². The fourth-order valence-corrected chi connectivity index (χ4v) is 6.44. The van der Waals surface area contributed by atoms with Gasteiger partial charge in [0.1, 0.15) is 0 Å². The first-order valence-electron chi connectivity index (χ1n) is 8.95. The standard InChI is InChI=1S/C19H27FO2/c1-18-7-4-3-5-11(18)9-15(21)16-12(18)6-8-19(2)13(16)10-14(20)17(19)22/h9,12-16,21H,3-8,10H2,1-2H3/t12-,13-,14+,15+,16+,18-,19-/m0/s1. The van der Waals surface area contributed by atoms with Gasteiger partial charge in [0.25, 0.3) is 0 Å². The number of aliphatic hydroxyl groups is 1. The van der Waals surface area contributed by atoms with Crippen molar-refractivity contribution in [3.63, 3.8) is 0 Å². The summed E-state index contributed by atoms with van der Waals surface area (Å²) in [6, 6.07) is 0. The molecule has 0 aromatic rings. The van der Waals surface area contributed by atoms with Crippen molar-refractivity contribution in [3.8, 4) is 0 Å². The molecular formula is C19H27FO2. The molecule has 4 aliphatic rings. The number of rotatable bonds is 0. The monoisotopic (exact) mass is 306 g/mol. The second-order valence-corrected chi connectivity index (χ2v) is 8.62. The van der Waals surface area contributed by atoms with Crippen LogP contribution in [0.15, 0.2) is 11.6 Å². The van der Waals surface area contributed by atoms with Crippen LogP contribution >= 0.6 is 0 Å². The van der Waals surface area contributed by atoms with Gasteiger partial charge >= 0.3 is 0 Å². The molecule has 0 aliphatic heterocycles. The van der Waals surface area contributed by atoms with E-state index in [-0.39, 0.29) is 23.0 Å². The molecule has 0 saturated heterocycles. The van der Waals surface area contributed by atoms with Crippen molar-refractivity contribution in [2.24, 2.45) is 28.6 Å². The molecule has 122 valence electrons. The second-order valence-electron chi connectivity index (χ2n) is 8.62. The number of aliphatic hydroxyl groups excluding tert-OH is 1. The largest absolute Gasteiger partial charge is 0.389 e. The molecule has 0 heterocycles. The van der Waals surface area contributed by atoms with Crippen molar-refractivity contribution in [2.75, 3.05) is 0 Å². The van der Waals surface area contributed by atoms with Crippen molar-refractivity contribution in [1.82, 2.24) is 0 Å². The van der Waals surface area contributed by atoms with E-state index >= 15 is 0 Å². The Morgan fingerprint density at radius 2 is 1.95 bits per heavy atom. The van der Waals surface area contributed by atoms with Crippen molar-refractivity contribution in [1.29, 1.82) is 0 Å². The number of Topliss-reactive ketones (excluding diaryl/α,β-unsaturated/α-hetero) is 1. The van der Waals surface area contributed by atoms with E-state index in [1.807, 2.05) is 6.92 Å². The molecular weight excluding hydrogens is 279 g/mol. The second kappa shape index (κ2) is 4.66. The predicted molar refractivity (Wildman–Crippen MR) is 83.0 cm³/mol. The number of hydrogen-bond acceptors (Lipinski definition) is 2. The molecule has 3 heteroatoms. The van der Waals surface area contributed by atoms with Crippen molar-refractivity contribution in [2.45, 2.75) is 71.1 Å². The minimum Gasteiger partial charge on any atom is -0.389 e. The highest BCUT2D eigenvalue weighted by atomic mass is 19.1. The predicted octanol–water partition coefficient (Wildman–Crippen LogP) is 3.83. The molecule has 0 unspecified atom stereocenters. The Bertz CT molecular complexity index is 542. The lowest BCUT2D eigenvalue weighted by Gasteiger charge is -2.57. The minimum absolute atomic E-state index is 0.0142. The number of hydrogen-bond donors (Lipinski definition) is 1. The van der Waals surface area contributed by atoms with E-state index in [0.717, 1.165) is 19.3 Å². The first kappa shape index (κ1) is 14.9. The molecule has 3 saturated carbocycles. The molecule has 0 spiro atoms. The highest BCUT2D eigenvalue weighted by Crippen LogP contribution is 2.64. The summed E-state index contributed by atoms with van der Waals surface area (Å²) in [6.07, 6.45) is 7.10. The number of halogens is 1. The zero-order valence-electron chi connectivity index (χ0n) is 13.6.